The van der Waals surface area contributed by atoms with Crippen molar-refractivity contribution in [1.29, 1.82) is 0 Å². The number of benzene rings is 8. The van der Waals surface area contributed by atoms with E-state index in [4.69, 9.17) is 5.73 Å². The second-order valence-corrected chi connectivity index (χ2v) is 12.6. The van der Waals surface area contributed by atoms with Crippen LogP contribution < -0.4 is 5.73 Å². The molecular weight excluding hydrogens is 603 g/mol. The molecule has 242 valence electrons. The Bertz CT molecular complexity index is 2240. The maximum absolute atomic E-state index is 5.54. The topological polar surface area (TPSA) is 26.0 Å². The first-order valence-electron chi connectivity index (χ1n) is 17.4. The minimum Gasteiger partial charge on any atom is -0.326 e. The largest absolute Gasteiger partial charge is 0.326 e. The minimum atomic E-state index is 0.606. The molecule has 0 heterocycles. The molecule has 1 nitrogen and oxygen atoms in total. The van der Waals surface area contributed by atoms with Gasteiger partial charge in [0.05, 0.1) is 0 Å². The van der Waals surface area contributed by atoms with E-state index >= 15 is 0 Å². The number of hydrogen-bond acceptors (Lipinski definition) is 1. The SMILES string of the molecule is NCc1ccc(-c2ccccc2)cc1.c1ccc(CCc2ccc(-c3c(-c4ccc(-c5ccccc5)cc4)ccc4ccccc34)cc2)cc1. The maximum atomic E-state index is 5.54. The summed E-state index contributed by atoms with van der Waals surface area (Å²) < 4.78 is 0. The van der Waals surface area contributed by atoms with Crippen molar-refractivity contribution in [3.05, 3.63) is 217 Å². The Hall–Kier alpha value is -6.02. The van der Waals surface area contributed by atoms with Crippen molar-refractivity contribution in [1.82, 2.24) is 0 Å². The van der Waals surface area contributed by atoms with Crippen molar-refractivity contribution in [2.45, 2.75) is 19.4 Å². The summed E-state index contributed by atoms with van der Waals surface area (Å²) in [6.45, 7) is 0.606. The van der Waals surface area contributed by atoms with E-state index in [-0.39, 0.29) is 0 Å². The third-order valence-electron chi connectivity index (χ3n) is 9.32. The zero-order valence-electron chi connectivity index (χ0n) is 28.3. The van der Waals surface area contributed by atoms with Gasteiger partial charge in [-0.05, 0) is 84.8 Å². The quantitative estimate of drug-likeness (QED) is 0.175. The standard InChI is InChI=1S/C36H28.C13H13N/c1-3-9-27(10-4-1)15-16-28-17-19-33(20-18-28)36-34-14-8-7-13-31(34)25-26-35(36)32-23-21-30(22-24-32)29-11-5-2-6-12-29;14-10-11-6-8-13(9-7-11)12-4-2-1-3-5-12/h1-14,17-26H,15-16H2;1-9H,10,14H2. The van der Waals surface area contributed by atoms with Gasteiger partial charge in [-0.15, -0.1) is 0 Å². The Labute approximate surface area is 296 Å². The van der Waals surface area contributed by atoms with Crippen molar-refractivity contribution >= 4 is 10.8 Å². The monoisotopic (exact) mass is 643 g/mol. The molecule has 0 aliphatic rings. The molecule has 0 bridgehead atoms. The van der Waals surface area contributed by atoms with Crippen LogP contribution in [0.4, 0.5) is 0 Å². The molecule has 0 aromatic heterocycles. The minimum absolute atomic E-state index is 0.606. The molecule has 8 rings (SSSR count). The second kappa shape index (κ2) is 15.9. The fourth-order valence-corrected chi connectivity index (χ4v) is 6.53. The van der Waals surface area contributed by atoms with Gasteiger partial charge >= 0.3 is 0 Å². The van der Waals surface area contributed by atoms with Crippen molar-refractivity contribution in [3.8, 4) is 44.5 Å². The molecule has 0 atom stereocenters. The first-order valence-corrected chi connectivity index (χ1v) is 17.4. The number of fused-ring (bicyclic) bond motifs is 1. The molecule has 8 aromatic carbocycles. The molecule has 0 radical (unpaired) electrons. The third kappa shape index (κ3) is 7.81. The number of nitrogens with two attached hydrogens (primary N) is 1. The Morgan fingerprint density at radius 2 is 0.720 bits per heavy atom. The summed E-state index contributed by atoms with van der Waals surface area (Å²) in [6.07, 6.45) is 2.11. The van der Waals surface area contributed by atoms with E-state index in [0.717, 1.165) is 12.8 Å². The van der Waals surface area contributed by atoms with Crippen LogP contribution in [-0.4, -0.2) is 0 Å². The van der Waals surface area contributed by atoms with Gasteiger partial charge in [0.2, 0.25) is 0 Å². The molecule has 0 aliphatic carbocycles. The predicted octanol–water partition coefficient (Wildman–Crippen LogP) is 12.4. The number of aryl methyl sites for hydroxylation is 2. The molecule has 0 unspecified atom stereocenters. The average Bonchev–Trinajstić information content (AvgIpc) is 3.21. The summed E-state index contributed by atoms with van der Waals surface area (Å²) in [5.41, 5.74) is 19.5. The lowest BCUT2D eigenvalue weighted by molar-refractivity contribution is 0.960. The van der Waals surface area contributed by atoms with Gasteiger partial charge in [-0.2, -0.15) is 0 Å². The molecule has 2 N–H and O–H groups in total. The average molecular weight is 644 g/mol. The van der Waals surface area contributed by atoms with Gasteiger partial charge in [0, 0.05) is 6.54 Å². The Kier molecular flexibility index (Phi) is 10.4. The van der Waals surface area contributed by atoms with E-state index in [9.17, 15) is 0 Å². The number of rotatable bonds is 8. The van der Waals surface area contributed by atoms with Gasteiger partial charge in [-0.3, -0.25) is 0 Å². The predicted molar refractivity (Wildman–Crippen MR) is 214 cm³/mol. The molecule has 1 heteroatoms. The van der Waals surface area contributed by atoms with E-state index in [2.05, 4.69) is 182 Å². The molecule has 50 heavy (non-hydrogen) atoms. The third-order valence-corrected chi connectivity index (χ3v) is 9.32. The van der Waals surface area contributed by atoms with E-state index < -0.39 is 0 Å². The maximum Gasteiger partial charge on any atom is 0.0178 e. The van der Waals surface area contributed by atoms with Gasteiger partial charge in [0.15, 0.2) is 0 Å². The molecular formula is C49H41N. The van der Waals surface area contributed by atoms with Gasteiger partial charge < -0.3 is 5.73 Å². The highest BCUT2D eigenvalue weighted by Gasteiger charge is 2.12. The first-order chi connectivity index (χ1) is 24.7. The molecule has 8 aromatic rings. The van der Waals surface area contributed by atoms with E-state index in [0.29, 0.717) is 6.54 Å². The molecule has 0 amide bonds. The fraction of sp³-hybridized carbons (Fsp3) is 0.0612. The van der Waals surface area contributed by atoms with E-state index in [1.54, 1.807) is 0 Å². The van der Waals surface area contributed by atoms with Crippen molar-refractivity contribution in [2.24, 2.45) is 5.73 Å². The molecule has 0 fully saturated rings. The second-order valence-electron chi connectivity index (χ2n) is 12.6. The zero-order chi connectivity index (χ0) is 34.0. The Morgan fingerprint density at radius 1 is 0.300 bits per heavy atom. The van der Waals surface area contributed by atoms with Crippen molar-refractivity contribution in [2.75, 3.05) is 0 Å². The van der Waals surface area contributed by atoms with Gasteiger partial charge in [-0.25, -0.2) is 0 Å². The van der Waals surface area contributed by atoms with Gasteiger partial charge in [-0.1, -0.05) is 200 Å². The summed E-state index contributed by atoms with van der Waals surface area (Å²) in [4.78, 5) is 0. The summed E-state index contributed by atoms with van der Waals surface area (Å²) >= 11 is 0. The molecule has 0 spiro atoms. The summed E-state index contributed by atoms with van der Waals surface area (Å²) in [5, 5.41) is 2.56. The van der Waals surface area contributed by atoms with Gasteiger partial charge in [0.1, 0.15) is 0 Å². The zero-order valence-corrected chi connectivity index (χ0v) is 28.3. The van der Waals surface area contributed by atoms with Gasteiger partial charge in [0.25, 0.3) is 0 Å². The highest BCUT2D eigenvalue weighted by atomic mass is 14.5. The summed E-state index contributed by atoms with van der Waals surface area (Å²) in [7, 11) is 0. The molecule has 0 aliphatic heterocycles. The van der Waals surface area contributed by atoms with Crippen LogP contribution in [0.25, 0.3) is 55.3 Å². The lowest BCUT2D eigenvalue weighted by Gasteiger charge is -2.15. The first kappa shape index (κ1) is 32.5. The molecule has 0 saturated heterocycles. The lowest BCUT2D eigenvalue weighted by atomic mass is 9.88. The van der Waals surface area contributed by atoms with E-state index in [1.165, 1.54) is 72.0 Å². The van der Waals surface area contributed by atoms with Crippen LogP contribution in [0.1, 0.15) is 16.7 Å². The highest BCUT2D eigenvalue weighted by Crippen LogP contribution is 2.39. The van der Waals surface area contributed by atoms with E-state index in [1.807, 2.05) is 18.2 Å². The van der Waals surface area contributed by atoms with Crippen LogP contribution in [0.2, 0.25) is 0 Å². The van der Waals surface area contributed by atoms with Crippen LogP contribution in [0.5, 0.6) is 0 Å². The van der Waals surface area contributed by atoms with Crippen LogP contribution >= 0.6 is 0 Å². The normalized spacial score (nSPS) is 10.7. The highest BCUT2D eigenvalue weighted by molar-refractivity contribution is 6.04. The Morgan fingerprint density at radius 3 is 1.30 bits per heavy atom. The smallest absolute Gasteiger partial charge is 0.0178 e. The summed E-state index contributed by atoms with van der Waals surface area (Å²) in [6, 6.07) is 71.4. The van der Waals surface area contributed by atoms with Crippen LogP contribution in [0, 0.1) is 0 Å². The Balaban J connectivity index is 0.000000234. The summed E-state index contributed by atoms with van der Waals surface area (Å²) in [5.74, 6) is 0. The fourth-order valence-electron chi connectivity index (χ4n) is 6.53. The van der Waals surface area contributed by atoms with Crippen LogP contribution in [0.3, 0.4) is 0 Å². The number of hydrogen-bond donors (Lipinski definition) is 1. The molecule has 0 saturated carbocycles. The van der Waals surface area contributed by atoms with Crippen molar-refractivity contribution in [3.63, 3.8) is 0 Å². The van der Waals surface area contributed by atoms with Crippen LogP contribution in [0.15, 0.2) is 200 Å². The van der Waals surface area contributed by atoms with Crippen LogP contribution in [-0.2, 0) is 19.4 Å². The lowest BCUT2D eigenvalue weighted by Crippen LogP contribution is -1.95. The van der Waals surface area contributed by atoms with Crippen molar-refractivity contribution < 1.29 is 0 Å².